The number of rotatable bonds is 2. The fraction of sp³-hybridized carbons (Fsp3) is 1.00. The number of hydrogen-bond donors (Lipinski definition) is 0. The first-order valence-corrected chi connectivity index (χ1v) is 2.53. The molecule has 1 rings (SSSR count). The van der Waals surface area contributed by atoms with Crippen LogP contribution >= 0.6 is 0 Å². The first-order chi connectivity index (χ1) is 3.75. The van der Waals surface area contributed by atoms with E-state index in [0.717, 1.165) is 0 Å². The molecular weight excluding hydrogens is 114 g/mol. The zero-order chi connectivity index (χ0) is 6.20. The van der Waals surface area contributed by atoms with Crippen molar-refractivity contribution in [3.8, 4) is 0 Å². The highest BCUT2D eigenvalue weighted by atomic mass is 19.1. The second-order valence-electron chi connectivity index (χ2n) is 2.32. The second-order valence-corrected chi connectivity index (χ2v) is 2.32. The molecule has 0 saturated heterocycles. The second kappa shape index (κ2) is 1.65. The summed E-state index contributed by atoms with van der Waals surface area (Å²) in [5, 5.41) is 10.3. The third kappa shape index (κ3) is 0.616. The Hall–Kier alpha value is -0.180. The van der Waals surface area contributed by atoms with Crippen molar-refractivity contribution in [2.24, 2.45) is 5.41 Å². The Bertz CT molecular complexity index is 84.9. The highest BCUT2D eigenvalue weighted by Crippen LogP contribution is 2.46. The van der Waals surface area contributed by atoms with E-state index in [2.05, 4.69) is 0 Å². The molecule has 0 amide bonds. The molecule has 0 aromatic carbocycles. The Balaban J connectivity index is 2.39. The van der Waals surface area contributed by atoms with E-state index in [4.69, 9.17) is 0 Å². The van der Waals surface area contributed by atoms with Crippen molar-refractivity contribution in [2.75, 3.05) is 13.3 Å². The molecule has 3 heteroatoms. The van der Waals surface area contributed by atoms with Gasteiger partial charge < -0.3 is 0 Å². The number of alkyl halides is 2. The number of hydrogen-bond acceptors (Lipinski definition) is 0. The monoisotopic (exact) mass is 121 g/mol. The van der Waals surface area contributed by atoms with Crippen LogP contribution in [0.4, 0.5) is 8.78 Å². The average molecular weight is 121 g/mol. The third-order valence-electron chi connectivity index (χ3n) is 1.65. The van der Waals surface area contributed by atoms with Crippen molar-refractivity contribution in [1.29, 1.82) is 0 Å². The van der Waals surface area contributed by atoms with Crippen LogP contribution in [0.15, 0.2) is 0 Å². The SMILES string of the molecule is [O]C1CC1(CF)CF. The predicted molar refractivity (Wildman–Crippen MR) is 23.5 cm³/mol. The van der Waals surface area contributed by atoms with Crippen LogP contribution in [-0.2, 0) is 5.11 Å². The van der Waals surface area contributed by atoms with E-state index in [1.807, 2.05) is 0 Å². The molecule has 1 fully saturated rings. The lowest BCUT2D eigenvalue weighted by Gasteiger charge is -2.00. The minimum absolute atomic E-state index is 0.181. The number of halogens is 2. The molecule has 0 spiro atoms. The first-order valence-electron chi connectivity index (χ1n) is 2.53. The van der Waals surface area contributed by atoms with Crippen LogP contribution in [0.1, 0.15) is 6.42 Å². The molecule has 1 unspecified atom stereocenters. The maximum absolute atomic E-state index is 11.6. The molecule has 0 aromatic heterocycles. The summed E-state index contributed by atoms with van der Waals surface area (Å²) in [6, 6.07) is 0. The molecule has 1 atom stereocenters. The van der Waals surface area contributed by atoms with Crippen molar-refractivity contribution in [2.45, 2.75) is 12.5 Å². The largest absolute Gasteiger partial charge is 0.250 e. The van der Waals surface area contributed by atoms with E-state index < -0.39 is 24.9 Å². The van der Waals surface area contributed by atoms with Crippen molar-refractivity contribution < 1.29 is 13.9 Å². The third-order valence-corrected chi connectivity index (χ3v) is 1.65. The fourth-order valence-electron chi connectivity index (χ4n) is 0.627. The smallest absolute Gasteiger partial charge is 0.104 e. The van der Waals surface area contributed by atoms with Gasteiger partial charge in [0.25, 0.3) is 0 Å². The average Bonchev–Trinajstić information content (AvgIpc) is 2.43. The minimum Gasteiger partial charge on any atom is -0.250 e. The zero-order valence-electron chi connectivity index (χ0n) is 4.36. The van der Waals surface area contributed by atoms with Gasteiger partial charge in [-0.05, 0) is 6.42 Å². The van der Waals surface area contributed by atoms with Gasteiger partial charge >= 0.3 is 0 Å². The molecule has 0 bridgehead atoms. The lowest BCUT2D eigenvalue weighted by Crippen LogP contribution is -2.10. The van der Waals surface area contributed by atoms with Gasteiger partial charge in [-0.1, -0.05) is 0 Å². The van der Waals surface area contributed by atoms with Gasteiger partial charge in [0.1, 0.15) is 19.5 Å². The van der Waals surface area contributed by atoms with Crippen LogP contribution in [0.25, 0.3) is 0 Å². The maximum Gasteiger partial charge on any atom is 0.104 e. The molecule has 8 heavy (non-hydrogen) atoms. The van der Waals surface area contributed by atoms with Gasteiger partial charge in [-0.15, -0.1) is 0 Å². The van der Waals surface area contributed by atoms with Gasteiger partial charge in [-0.3, -0.25) is 8.78 Å². The van der Waals surface area contributed by atoms with Crippen LogP contribution in [0, 0.1) is 5.41 Å². The van der Waals surface area contributed by atoms with Gasteiger partial charge in [-0.2, -0.15) is 0 Å². The molecule has 1 radical (unpaired) electrons. The quantitative estimate of drug-likeness (QED) is 0.521. The Kier molecular flexibility index (Phi) is 1.23. The van der Waals surface area contributed by atoms with Gasteiger partial charge in [0, 0.05) is 0 Å². The molecule has 0 heterocycles. The lowest BCUT2D eigenvalue weighted by atomic mass is 10.1. The van der Waals surface area contributed by atoms with Gasteiger partial charge in [-0.25, -0.2) is 5.11 Å². The van der Waals surface area contributed by atoms with E-state index in [0.29, 0.717) is 0 Å². The summed E-state index contributed by atoms with van der Waals surface area (Å²) in [5.41, 5.74) is -1.10. The molecular formula is C5H7F2O. The highest BCUT2D eigenvalue weighted by Gasteiger charge is 2.55. The van der Waals surface area contributed by atoms with Crippen LogP contribution in [0.2, 0.25) is 0 Å². The normalized spacial score (nSPS) is 32.6. The summed E-state index contributed by atoms with van der Waals surface area (Å²) in [6.45, 7) is -1.59. The Labute approximate surface area is 46.3 Å². The van der Waals surface area contributed by atoms with Crippen LogP contribution in [-0.4, -0.2) is 19.5 Å². The predicted octanol–water partition coefficient (Wildman–Crippen LogP) is 1.11. The molecule has 0 aliphatic heterocycles. The topological polar surface area (TPSA) is 19.9 Å². The van der Waals surface area contributed by atoms with E-state index in [9.17, 15) is 13.9 Å². The summed E-state index contributed by atoms with van der Waals surface area (Å²) in [7, 11) is 0. The summed E-state index contributed by atoms with van der Waals surface area (Å²) in [4.78, 5) is 0. The first kappa shape index (κ1) is 5.95. The standard InChI is InChI=1S/C5H7F2O/c6-2-5(3-7)1-4(5)8/h4H,1-3H2. The lowest BCUT2D eigenvalue weighted by molar-refractivity contribution is 0.106. The van der Waals surface area contributed by atoms with E-state index in [1.54, 1.807) is 0 Å². The van der Waals surface area contributed by atoms with Crippen LogP contribution in [0.3, 0.4) is 0 Å². The zero-order valence-corrected chi connectivity index (χ0v) is 4.36. The van der Waals surface area contributed by atoms with Crippen LogP contribution < -0.4 is 0 Å². The molecule has 1 aliphatic carbocycles. The Morgan fingerprint density at radius 3 is 1.88 bits per heavy atom. The van der Waals surface area contributed by atoms with Gasteiger partial charge in [0.05, 0.1) is 5.41 Å². The van der Waals surface area contributed by atoms with E-state index >= 15 is 0 Å². The minimum atomic E-state index is -1.10. The van der Waals surface area contributed by atoms with E-state index in [1.165, 1.54) is 0 Å². The summed E-state index contributed by atoms with van der Waals surface area (Å²) in [6.07, 6.45) is -0.794. The van der Waals surface area contributed by atoms with Gasteiger partial charge in [0.15, 0.2) is 0 Å². The van der Waals surface area contributed by atoms with Crippen molar-refractivity contribution in [3.63, 3.8) is 0 Å². The Morgan fingerprint density at radius 2 is 1.88 bits per heavy atom. The molecule has 1 saturated carbocycles. The summed E-state index contributed by atoms with van der Waals surface area (Å²) in [5.74, 6) is 0. The van der Waals surface area contributed by atoms with Crippen molar-refractivity contribution in [1.82, 2.24) is 0 Å². The molecule has 1 aliphatic rings. The van der Waals surface area contributed by atoms with Crippen molar-refractivity contribution >= 4 is 0 Å². The molecule has 47 valence electrons. The van der Waals surface area contributed by atoms with E-state index in [-0.39, 0.29) is 6.42 Å². The molecule has 0 aromatic rings. The van der Waals surface area contributed by atoms with Gasteiger partial charge in [0.2, 0.25) is 0 Å². The molecule has 1 nitrogen and oxygen atoms in total. The summed E-state index contributed by atoms with van der Waals surface area (Å²) >= 11 is 0. The maximum atomic E-state index is 11.6. The summed E-state index contributed by atoms with van der Waals surface area (Å²) < 4.78 is 23.3. The van der Waals surface area contributed by atoms with Crippen molar-refractivity contribution in [3.05, 3.63) is 0 Å². The fourth-order valence-corrected chi connectivity index (χ4v) is 0.627. The van der Waals surface area contributed by atoms with Crippen LogP contribution in [0.5, 0.6) is 0 Å². The Morgan fingerprint density at radius 1 is 1.50 bits per heavy atom. The highest BCUT2D eigenvalue weighted by molar-refractivity contribution is 5.02. The molecule has 0 N–H and O–H groups in total.